The molecule has 2 N–H and O–H groups in total. The summed E-state index contributed by atoms with van der Waals surface area (Å²) in [6, 6.07) is 0. The summed E-state index contributed by atoms with van der Waals surface area (Å²) in [6.07, 6.45) is 11.8. The number of carbonyl (C=O) groups is 1. The molecule has 7 heteroatoms. The van der Waals surface area contributed by atoms with Crippen molar-refractivity contribution in [1.29, 1.82) is 0 Å². The first-order valence-electron chi connectivity index (χ1n) is 15.2. The zero-order chi connectivity index (χ0) is 28.8. The molecule has 0 unspecified atom stereocenters. The zero-order valence-corrected chi connectivity index (χ0v) is 25.0. The first-order chi connectivity index (χ1) is 18.9. The Labute approximate surface area is 239 Å². The minimum absolute atomic E-state index is 0.0712. The number of aliphatic hydroxyl groups is 2. The van der Waals surface area contributed by atoms with Gasteiger partial charge >= 0.3 is 5.97 Å². The van der Waals surface area contributed by atoms with Crippen LogP contribution in [0.3, 0.4) is 0 Å². The first-order valence-corrected chi connectivity index (χ1v) is 15.2. The number of carbonyl (C=O) groups excluding carboxylic acids is 1. The highest BCUT2D eigenvalue weighted by Crippen LogP contribution is 2.47. The van der Waals surface area contributed by atoms with Gasteiger partial charge in [-0.15, -0.1) is 0 Å². The van der Waals surface area contributed by atoms with Crippen LogP contribution in [0.5, 0.6) is 0 Å². The molecule has 7 nitrogen and oxygen atoms in total. The Bertz CT molecular complexity index is 1090. The van der Waals surface area contributed by atoms with Crippen LogP contribution < -0.4 is 0 Å². The molecule has 0 radical (unpaired) electrons. The van der Waals surface area contributed by atoms with Crippen LogP contribution in [0.2, 0.25) is 0 Å². The molecule has 0 saturated carbocycles. The summed E-state index contributed by atoms with van der Waals surface area (Å²) in [5.74, 6) is -1.22. The highest BCUT2D eigenvalue weighted by Gasteiger charge is 2.60. The summed E-state index contributed by atoms with van der Waals surface area (Å²) in [5.41, 5.74) is 0.780. The standard InChI is InChI=1S/C33H48O7/c1-19(2)29-22(5)12-13-32(40-29)17-26-16-25(39-32)11-10-21(4)14-20(3)8-7-9-24-18-37-30-28(34)23(6)15-27(31(35)38-26)33(24,30)36/h7-10,15,19-20,22,25-30,34,36H,11-14,16-18H2,1-6H3/b8-7+,21-10+,24-9+/t20-,22+,25+,26-,27-,28+,29+,30+,32+,33+/m0/s1. The van der Waals surface area contributed by atoms with E-state index in [4.69, 9.17) is 18.9 Å². The fraction of sp³-hybridized carbons (Fsp3) is 0.727. The second-order valence-electron chi connectivity index (χ2n) is 13.4. The van der Waals surface area contributed by atoms with E-state index in [-0.39, 0.29) is 24.7 Å². The molecule has 5 rings (SSSR count). The Hall–Kier alpha value is -1.77. The SMILES string of the molecule is CC1=C[C@H]2C(=O)O[C@H]3C[C@@H](C/C=C(\C)C[C@@H](C)/C=C/C=C4\CO[C@H]([C@@H]1O)[C@@]42O)O[C@@]1(CC[C@@H](C)[C@@H](C(C)C)O1)C3. The lowest BCUT2D eigenvalue weighted by Gasteiger charge is -2.50. The van der Waals surface area contributed by atoms with E-state index < -0.39 is 41.6 Å². The van der Waals surface area contributed by atoms with E-state index in [0.29, 0.717) is 35.8 Å². The molecule has 4 heterocycles. The average molecular weight is 557 g/mol. The summed E-state index contributed by atoms with van der Waals surface area (Å²) in [4.78, 5) is 13.9. The quantitative estimate of drug-likeness (QED) is 0.340. The number of esters is 1. The molecular formula is C33H48O7. The molecule has 0 aromatic heterocycles. The lowest BCUT2D eigenvalue weighted by Crippen LogP contribution is -2.58. The Balaban J connectivity index is 1.51. The Morgan fingerprint density at radius 1 is 1.12 bits per heavy atom. The van der Waals surface area contributed by atoms with Crippen molar-refractivity contribution in [1.82, 2.24) is 0 Å². The fourth-order valence-corrected chi connectivity index (χ4v) is 7.48. The van der Waals surface area contributed by atoms with Crippen LogP contribution in [0.15, 0.2) is 47.1 Å². The lowest BCUT2D eigenvalue weighted by molar-refractivity contribution is -0.340. The summed E-state index contributed by atoms with van der Waals surface area (Å²) in [5, 5.41) is 22.9. The highest BCUT2D eigenvalue weighted by atomic mass is 16.7. The number of aliphatic hydroxyl groups excluding tert-OH is 1. The van der Waals surface area contributed by atoms with Gasteiger partial charge in [0, 0.05) is 19.3 Å². The molecule has 1 spiro atoms. The van der Waals surface area contributed by atoms with Crippen molar-refractivity contribution >= 4 is 5.97 Å². The molecule has 3 saturated heterocycles. The van der Waals surface area contributed by atoms with Gasteiger partial charge in [0.1, 0.15) is 29.8 Å². The molecule has 2 bridgehead atoms. The van der Waals surface area contributed by atoms with E-state index >= 15 is 0 Å². The van der Waals surface area contributed by atoms with Gasteiger partial charge in [0.2, 0.25) is 0 Å². The van der Waals surface area contributed by atoms with Crippen molar-refractivity contribution in [3.8, 4) is 0 Å². The number of hydrogen-bond donors (Lipinski definition) is 2. The minimum atomic E-state index is -1.68. The molecular weight excluding hydrogens is 508 g/mol. The number of fused-ring (bicyclic) bond motifs is 2. The molecule has 10 atom stereocenters. The normalized spacial score (nSPS) is 47.9. The summed E-state index contributed by atoms with van der Waals surface area (Å²) >= 11 is 0. The van der Waals surface area contributed by atoms with Crippen LogP contribution in [0, 0.1) is 23.7 Å². The van der Waals surface area contributed by atoms with Gasteiger partial charge in [-0.1, -0.05) is 63.6 Å². The van der Waals surface area contributed by atoms with E-state index in [9.17, 15) is 15.0 Å². The van der Waals surface area contributed by atoms with Crippen LogP contribution in [0.4, 0.5) is 0 Å². The predicted octanol–water partition coefficient (Wildman–Crippen LogP) is 5.17. The average Bonchev–Trinajstić information content (AvgIpc) is 3.23. The molecule has 0 aromatic rings. The second-order valence-corrected chi connectivity index (χ2v) is 13.4. The molecule has 222 valence electrons. The van der Waals surface area contributed by atoms with Crippen molar-refractivity contribution in [2.24, 2.45) is 23.7 Å². The lowest BCUT2D eigenvalue weighted by atomic mass is 9.71. The second kappa shape index (κ2) is 11.5. The van der Waals surface area contributed by atoms with E-state index in [0.717, 1.165) is 25.7 Å². The van der Waals surface area contributed by atoms with Crippen LogP contribution in [-0.4, -0.2) is 64.7 Å². The molecule has 0 aromatic carbocycles. The Morgan fingerprint density at radius 3 is 2.65 bits per heavy atom. The summed E-state index contributed by atoms with van der Waals surface area (Å²) in [7, 11) is 0. The van der Waals surface area contributed by atoms with E-state index in [1.807, 2.05) is 12.2 Å². The monoisotopic (exact) mass is 556 g/mol. The Kier molecular flexibility index (Phi) is 8.53. The van der Waals surface area contributed by atoms with Crippen LogP contribution in [0.25, 0.3) is 0 Å². The minimum Gasteiger partial charge on any atom is -0.462 e. The van der Waals surface area contributed by atoms with Gasteiger partial charge in [-0.25, -0.2) is 0 Å². The maximum atomic E-state index is 13.9. The molecule has 5 aliphatic rings. The van der Waals surface area contributed by atoms with Gasteiger partial charge in [-0.05, 0) is 62.0 Å². The van der Waals surface area contributed by atoms with Gasteiger partial charge in [-0.2, -0.15) is 0 Å². The van der Waals surface area contributed by atoms with E-state index in [2.05, 4.69) is 46.8 Å². The van der Waals surface area contributed by atoms with Gasteiger partial charge in [0.15, 0.2) is 5.79 Å². The number of ether oxygens (including phenoxy) is 4. The van der Waals surface area contributed by atoms with Gasteiger partial charge in [0.05, 0.1) is 18.8 Å². The summed E-state index contributed by atoms with van der Waals surface area (Å²) < 4.78 is 25.6. The van der Waals surface area contributed by atoms with Gasteiger partial charge < -0.3 is 29.2 Å². The van der Waals surface area contributed by atoms with Gasteiger partial charge in [-0.3, -0.25) is 4.79 Å². The van der Waals surface area contributed by atoms with Crippen molar-refractivity contribution < 1.29 is 34.0 Å². The maximum Gasteiger partial charge on any atom is 0.316 e. The molecule has 4 aliphatic heterocycles. The van der Waals surface area contributed by atoms with E-state index in [1.165, 1.54) is 5.57 Å². The Morgan fingerprint density at radius 2 is 1.90 bits per heavy atom. The molecule has 0 amide bonds. The number of allylic oxidation sites excluding steroid dienone is 4. The number of hydrogen-bond acceptors (Lipinski definition) is 7. The van der Waals surface area contributed by atoms with E-state index in [1.54, 1.807) is 13.0 Å². The third-order valence-corrected chi connectivity index (χ3v) is 9.67. The van der Waals surface area contributed by atoms with Crippen LogP contribution in [-0.2, 0) is 23.7 Å². The molecule has 3 fully saturated rings. The smallest absolute Gasteiger partial charge is 0.316 e. The maximum absolute atomic E-state index is 13.9. The zero-order valence-electron chi connectivity index (χ0n) is 25.0. The van der Waals surface area contributed by atoms with Crippen molar-refractivity contribution in [3.63, 3.8) is 0 Å². The predicted molar refractivity (Wildman–Crippen MR) is 152 cm³/mol. The van der Waals surface area contributed by atoms with Crippen molar-refractivity contribution in [2.45, 2.75) is 122 Å². The van der Waals surface area contributed by atoms with Crippen LogP contribution >= 0.6 is 0 Å². The molecule has 1 aliphatic carbocycles. The topological polar surface area (TPSA) is 94.5 Å². The largest absolute Gasteiger partial charge is 0.462 e. The van der Waals surface area contributed by atoms with Crippen LogP contribution in [0.1, 0.15) is 80.1 Å². The van der Waals surface area contributed by atoms with Crippen molar-refractivity contribution in [3.05, 3.63) is 47.1 Å². The third kappa shape index (κ3) is 5.65. The first kappa shape index (κ1) is 29.7. The van der Waals surface area contributed by atoms with Crippen molar-refractivity contribution in [2.75, 3.05) is 6.61 Å². The fourth-order valence-electron chi connectivity index (χ4n) is 7.48. The third-order valence-electron chi connectivity index (χ3n) is 9.67. The van der Waals surface area contributed by atoms with Gasteiger partial charge in [0.25, 0.3) is 0 Å². The summed E-state index contributed by atoms with van der Waals surface area (Å²) in [6.45, 7) is 12.8. The number of rotatable bonds is 1. The molecule has 40 heavy (non-hydrogen) atoms. The highest BCUT2D eigenvalue weighted by molar-refractivity contribution is 5.78.